The monoisotopic (exact) mass is 1250 g/mol. The number of amides is 6. The maximum absolute atomic E-state index is 14.0. The highest BCUT2D eigenvalue weighted by Crippen LogP contribution is 2.35. The molecule has 9 rings (SSSR count). The van der Waals surface area contributed by atoms with E-state index < -0.39 is 24.0 Å². The fourth-order valence-electron chi connectivity index (χ4n) is 11.0. The molecule has 18 nitrogen and oxygen atoms in total. The molecule has 3 atom stereocenters. The van der Waals surface area contributed by atoms with Gasteiger partial charge in [0, 0.05) is 89.3 Å². The number of nitrogens with one attached hydrogen (secondary N) is 9. The van der Waals surface area contributed by atoms with Gasteiger partial charge in [-0.05, 0) is 184 Å². The topological polar surface area (TPSA) is 300 Å². The second-order valence-corrected chi connectivity index (χ2v) is 23.3. The summed E-state index contributed by atoms with van der Waals surface area (Å²) in [5, 5.41) is 22.2. The highest BCUT2D eigenvalue weighted by atomic mass is 35.5. The third-order valence-electron chi connectivity index (χ3n) is 15.6. The molecule has 3 heterocycles. The first-order chi connectivity index (χ1) is 42.6. The van der Waals surface area contributed by atoms with Gasteiger partial charge in [-0.2, -0.15) is 0 Å². The van der Waals surface area contributed by atoms with E-state index in [0.717, 1.165) is 66.1 Å². The van der Waals surface area contributed by atoms with E-state index in [-0.39, 0.29) is 54.7 Å². The molecule has 0 aliphatic heterocycles. The second-order valence-electron chi connectivity index (χ2n) is 22.0. The van der Waals surface area contributed by atoms with E-state index in [1.807, 2.05) is 54.6 Å². The predicted octanol–water partition coefficient (Wildman–Crippen LogP) is 10.7. The van der Waals surface area contributed by atoms with Crippen molar-refractivity contribution in [3.8, 4) is 0 Å². The zero-order valence-electron chi connectivity index (χ0n) is 48.6. The quantitative estimate of drug-likeness (QED) is 0.0150. The summed E-state index contributed by atoms with van der Waals surface area (Å²) in [5.41, 5.74) is 26.3. The zero-order chi connectivity index (χ0) is 62.1. The van der Waals surface area contributed by atoms with E-state index >= 15 is 0 Å². The first kappa shape index (κ1) is 64.0. The molecular weight excluding hydrogens is 1180 g/mol. The Hall–Kier alpha value is -8.49. The summed E-state index contributed by atoms with van der Waals surface area (Å²) in [6, 6.07) is 36.1. The number of carbonyl (C=O) groups is 6. The van der Waals surface area contributed by atoms with Crippen molar-refractivity contribution < 1.29 is 28.8 Å². The van der Waals surface area contributed by atoms with Gasteiger partial charge >= 0.3 is 0 Å². The molecule has 21 heteroatoms. The van der Waals surface area contributed by atoms with Gasteiger partial charge in [0.1, 0.15) is 18.1 Å². The van der Waals surface area contributed by atoms with E-state index in [2.05, 4.69) is 46.9 Å². The van der Waals surface area contributed by atoms with Crippen LogP contribution < -0.4 is 49.1 Å². The third-order valence-corrected chi connectivity index (χ3v) is 16.3. The van der Waals surface area contributed by atoms with Gasteiger partial charge in [-0.3, -0.25) is 28.8 Å². The number of aromatic nitrogens is 3. The van der Waals surface area contributed by atoms with Gasteiger partial charge in [0.2, 0.25) is 35.4 Å². The maximum Gasteiger partial charge on any atom is 0.246 e. The van der Waals surface area contributed by atoms with Gasteiger partial charge in [-0.15, -0.1) is 0 Å². The first-order valence-corrected chi connectivity index (χ1v) is 30.8. The minimum absolute atomic E-state index is 0.0506. The number of hydrogen-bond acceptors (Lipinski definition) is 9. The minimum Gasteiger partial charge on any atom is -0.361 e. The van der Waals surface area contributed by atoms with Crippen LogP contribution in [0.5, 0.6) is 0 Å². The average Bonchev–Trinajstić information content (AvgIpc) is 2.71. The van der Waals surface area contributed by atoms with Crippen molar-refractivity contribution in [1.29, 1.82) is 0 Å². The largest absolute Gasteiger partial charge is 0.361 e. The number of H-pyrrole nitrogens is 3. The van der Waals surface area contributed by atoms with Crippen molar-refractivity contribution in [3.63, 3.8) is 0 Å². The summed E-state index contributed by atoms with van der Waals surface area (Å²) in [6.07, 6.45) is 10.5. The average molecular weight is 1250 g/mol. The van der Waals surface area contributed by atoms with Crippen LogP contribution in [-0.4, -0.2) is 88.2 Å². The Morgan fingerprint density at radius 2 is 0.648 bits per heavy atom. The number of halogens is 3. The minimum atomic E-state index is -0.837. The van der Waals surface area contributed by atoms with Gasteiger partial charge in [-0.25, -0.2) is 0 Å². The predicted molar refractivity (Wildman–Crippen MR) is 352 cm³/mol. The Balaban J connectivity index is 0.927. The van der Waals surface area contributed by atoms with Crippen LogP contribution in [0.15, 0.2) is 146 Å². The number of unbranched alkanes of at least 4 members (excludes halogenated alkanes) is 3. The number of carbonyl (C=O) groups excluding carboxylic acids is 6. The highest BCUT2D eigenvalue weighted by Gasteiger charge is 2.26. The van der Waals surface area contributed by atoms with Crippen molar-refractivity contribution in [3.05, 3.63) is 194 Å². The molecule has 0 aliphatic rings. The van der Waals surface area contributed by atoms with Crippen LogP contribution in [0.3, 0.4) is 0 Å². The fourth-order valence-corrected chi connectivity index (χ4v) is 11.5. The van der Waals surface area contributed by atoms with Crippen molar-refractivity contribution in [2.45, 2.75) is 101 Å². The maximum atomic E-state index is 14.0. The molecule has 15 N–H and O–H groups in total. The normalized spacial score (nSPS) is 12.4. The lowest BCUT2D eigenvalue weighted by Crippen LogP contribution is -2.44. The number of benzene rings is 6. The molecule has 6 amide bonds. The van der Waals surface area contributed by atoms with Gasteiger partial charge in [0.15, 0.2) is 0 Å². The Morgan fingerprint density at radius 1 is 0.375 bits per heavy atom. The Bertz CT molecular complexity index is 3490. The number of nitrogens with two attached hydrogens (primary N) is 3. The molecule has 88 heavy (non-hydrogen) atoms. The second kappa shape index (κ2) is 30.9. The Labute approximate surface area is 525 Å². The molecule has 0 saturated heterocycles. The molecule has 0 fully saturated rings. The molecule has 9 aromatic rings. The molecule has 3 aromatic heterocycles. The Kier molecular flexibility index (Phi) is 22.5. The summed E-state index contributed by atoms with van der Waals surface area (Å²) < 4.78 is 0. The number of hydrogen-bond donors (Lipinski definition) is 12. The molecular formula is C67H73Cl3N12O6. The van der Waals surface area contributed by atoms with Crippen molar-refractivity contribution in [1.82, 2.24) is 30.9 Å². The standard InChI is InChI=1S/C67H73Cl3N12O6/c68-46-16-25-52-43(37-74-58(52)34-46)31-61(83)80-55(7-1-4-28-71)65(86)77-49-19-10-40(11-20-49)64(41-12-21-50(22-13-41)78-66(87)56(8-2-5-29-72)81-62(84)32-44-38-75-59-35-47(69)17-26-53(44)59)42-14-23-51(24-15-42)79-67(88)57(9-3-6-30-73)82-63(85)33-45-39-76-60-36-48(70)18-27-54(45)60/h10-27,34-39,55-57,64,74-76H,1-9,28-33,71-73H2,(H,77,86)(H,78,87)(H,79,88)(H,80,83)(H,81,84)(H,82,85)/t55-,56-,57-/m1/s1. The van der Waals surface area contributed by atoms with Crippen LogP contribution >= 0.6 is 34.8 Å². The summed E-state index contributed by atoms with van der Waals surface area (Å²) in [7, 11) is 0. The molecule has 458 valence electrons. The Morgan fingerprint density at radius 3 is 0.909 bits per heavy atom. The number of aromatic amines is 3. The summed E-state index contributed by atoms with van der Waals surface area (Å²) >= 11 is 18.6. The third kappa shape index (κ3) is 17.2. The van der Waals surface area contributed by atoms with Crippen LogP contribution in [0, 0.1) is 0 Å². The lowest BCUT2D eigenvalue weighted by Gasteiger charge is -2.22. The lowest BCUT2D eigenvalue weighted by molar-refractivity contribution is -0.126. The van der Waals surface area contributed by atoms with Crippen LogP contribution in [-0.2, 0) is 48.0 Å². The zero-order valence-corrected chi connectivity index (χ0v) is 50.9. The molecule has 0 saturated carbocycles. The fraction of sp³-hybridized carbons (Fsp3) is 0.284. The van der Waals surface area contributed by atoms with Gasteiger partial charge in [-0.1, -0.05) is 89.4 Å². The van der Waals surface area contributed by atoms with Crippen LogP contribution in [0.1, 0.15) is 97.1 Å². The summed E-state index contributed by atoms with van der Waals surface area (Å²) in [4.78, 5) is 92.2. The first-order valence-electron chi connectivity index (χ1n) is 29.6. The lowest BCUT2D eigenvalue weighted by atomic mass is 9.85. The molecule has 0 spiro atoms. The summed E-state index contributed by atoms with van der Waals surface area (Å²) in [6.45, 7) is 1.33. The van der Waals surface area contributed by atoms with Gasteiger partial charge < -0.3 is 64.1 Å². The molecule has 6 aromatic carbocycles. The SMILES string of the molecule is NCCCC[C@@H](NC(=O)Cc1c[nH]c2cc(Cl)ccc12)C(=O)Nc1ccc(C(c2ccc(NC(=O)[C@@H](CCCCN)NC(=O)Cc3c[nH]c4cc(Cl)ccc34)cc2)c2ccc(NC(=O)[C@@H](CCCCN)NC(=O)Cc3c[nH]c4cc(Cl)ccc34)cc2)cc1. The van der Waals surface area contributed by atoms with Crippen molar-refractivity contribution in [2.75, 3.05) is 35.6 Å². The highest BCUT2D eigenvalue weighted by molar-refractivity contribution is 6.32. The molecule has 0 unspecified atom stereocenters. The van der Waals surface area contributed by atoms with E-state index in [1.165, 1.54) is 0 Å². The van der Waals surface area contributed by atoms with Gasteiger partial charge in [0.25, 0.3) is 0 Å². The van der Waals surface area contributed by atoms with Crippen molar-refractivity contribution >= 4 is 120 Å². The molecule has 0 bridgehead atoms. The van der Waals surface area contributed by atoms with Crippen LogP contribution in [0.2, 0.25) is 15.1 Å². The van der Waals surface area contributed by atoms with E-state index in [1.54, 1.807) is 91.4 Å². The molecule has 0 radical (unpaired) electrons. The van der Waals surface area contributed by atoms with E-state index in [0.29, 0.717) is 110 Å². The number of anilines is 3. The summed E-state index contributed by atoms with van der Waals surface area (Å²) in [5.74, 6) is -2.47. The van der Waals surface area contributed by atoms with Gasteiger partial charge in [0.05, 0.1) is 19.3 Å². The number of fused-ring (bicyclic) bond motifs is 3. The number of rotatable bonds is 30. The molecule has 0 aliphatic carbocycles. The van der Waals surface area contributed by atoms with Crippen molar-refractivity contribution in [2.24, 2.45) is 17.2 Å². The van der Waals surface area contributed by atoms with E-state index in [4.69, 9.17) is 52.0 Å². The van der Waals surface area contributed by atoms with Crippen LogP contribution in [0.25, 0.3) is 32.7 Å². The van der Waals surface area contributed by atoms with Crippen LogP contribution in [0.4, 0.5) is 17.1 Å². The smallest absolute Gasteiger partial charge is 0.246 e. The van der Waals surface area contributed by atoms with E-state index in [9.17, 15) is 28.8 Å².